The molecule has 7 heteroatoms. The summed E-state index contributed by atoms with van der Waals surface area (Å²) < 4.78 is 12.4. The number of likely N-dealkylation sites (N-methyl/N-ethyl adjacent to an activating group) is 1. The normalized spacial score (nSPS) is 15.9. The maximum absolute atomic E-state index is 5.99. The summed E-state index contributed by atoms with van der Waals surface area (Å²) in [5, 5.41) is 9.21. The second kappa shape index (κ2) is 10.6. The maximum Gasteiger partial charge on any atom is 0.259 e. The number of hydrogen-bond donors (Lipinski definition) is 1. The van der Waals surface area contributed by atoms with Crippen LogP contribution in [0, 0.1) is 6.92 Å². The Morgan fingerprint density at radius 2 is 1.89 bits per heavy atom. The zero-order chi connectivity index (χ0) is 24.1. The first-order valence-corrected chi connectivity index (χ1v) is 12.2. The van der Waals surface area contributed by atoms with E-state index in [1.165, 1.54) is 5.69 Å². The molecule has 0 spiro atoms. The van der Waals surface area contributed by atoms with E-state index in [1.807, 2.05) is 42.6 Å². The minimum absolute atomic E-state index is 0.477. The third-order valence-corrected chi connectivity index (χ3v) is 6.84. The molecular weight excluding hydrogens is 438 g/mol. The molecule has 0 atom stereocenters. The lowest BCUT2D eigenvalue weighted by Crippen LogP contribution is -2.57. The van der Waals surface area contributed by atoms with Gasteiger partial charge in [-0.25, -0.2) is 4.48 Å². The van der Waals surface area contributed by atoms with E-state index in [2.05, 4.69) is 40.1 Å². The fourth-order valence-corrected chi connectivity index (χ4v) is 4.81. The van der Waals surface area contributed by atoms with Gasteiger partial charge in [0.1, 0.15) is 31.1 Å². The van der Waals surface area contributed by atoms with Gasteiger partial charge < -0.3 is 9.47 Å². The van der Waals surface area contributed by atoms with E-state index in [1.54, 1.807) is 6.20 Å². The summed E-state index contributed by atoms with van der Waals surface area (Å²) >= 11 is 0. The van der Waals surface area contributed by atoms with Gasteiger partial charge in [-0.2, -0.15) is 0 Å². The lowest BCUT2D eigenvalue weighted by atomic mass is 10.1. The van der Waals surface area contributed by atoms with Crippen LogP contribution in [0.2, 0.25) is 0 Å². The maximum atomic E-state index is 5.99. The van der Waals surface area contributed by atoms with Crippen molar-refractivity contribution in [1.29, 1.82) is 0 Å². The molecule has 5 rings (SSSR count). The number of hydrogen-bond acceptors (Lipinski definition) is 5. The molecule has 4 aromatic rings. The molecule has 7 nitrogen and oxygen atoms in total. The molecular formula is C28H32N5O2+. The number of piperazine rings is 1. The molecule has 180 valence electrons. The summed E-state index contributed by atoms with van der Waals surface area (Å²) in [5.74, 6) is 1.85. The number of fused-ring (bicyclic) bond motifs is 1. The van der Waals surface area contributed by atoms with Crippen LogP contribution < -0.4 is 9.22 Å². The second-order valence-electron chi connectivity index (χ2n) is 8.96. The van der Waals surface area contributed by atoms with Crippen molar-refractivity contribution in [1.82, 2.24) is 24.6 Å². The van der Waals surface area contributed by atoms with Crippen molar-refractivity contribution in [3.63, 3.8) is 0 Å². The molecule has 1 aliphatic heterocycles. The van der Waals surface area contributed by atoms with Crippen LogP contribution in [0.5, 0.6) is 5.75 Å². The molecule has 0 saturated carbocycles. The van der Waals surface area contributed by atoms with E-state index in [9.17, 15) is 0 Å². The molecule has 1 fully saturated rings. The van der Waals surface area contributed by atoms with E-state index < -0.39 is 0 Å². The lowest BCUT2D eigenvalue weighted by Gasteiger charge is -2.42. The Morgan fingerprint density at radius 3 is 2.63 bits per heavy atom. The molecule has 0 aliphatic carbocycles. The number of rotatable bonds is 9. The predicted molar refractivity (Wildman–Crippen MR) is 139 cm³/mol. The van der Waals surface area contributed by atoms with Gasteiger partial charge in [-0.3, -0.25) is 15.0 Å². The molecule has 3 heterocycles. The smallest absolute Gasteiger partial charge is 0.259 e. The quantitative estimate of drug-likeness (QED) is 0.286. The summed E-state index contributed by atoms with van der Waals surface area (Å²) in [6.45, 7) is 14.8. The number of ether oxygens (including phenoxy) is 2. The van der Waals surface area contributed by atoms with Crippen molar-refractivity contribution in [2.75, 3.05) is 45.9 Å². The van der Waals surface area contributed by atoms with E-state index in [-0.39, 0.29) is 0 Å². The van der Waals surface area contributed by atoms with Gasteiger partial charge in [0.05, 0.1) is 24.1 Å². The minimum Gasteiger partial charge on any atom is -0.491 e. The topological polar surface area (TPSA) is 63.3 Å². The largest absolute Gasteiger partial charge is 0.491 e. The molecule has 2 aromatic carbocycles. The highest BCUT2D eigenvalue weighted by Crippen LogP contribution is 2.39. The van der Waals surface area contributed by atoms with Crippen molar-refractivity contribution in [3.8, 4) is 5.75 Å². The van der Waals surface area contributed by atoms with Gasteiger partial charge in [0.2, 0.25) is 0 Å². The van der Waals surface area contributed by atoms with E-state index in [4.69, 9.17) is 21.5 Å². The van der Waals surface area contributed by atoms with Crippen LogP contribution in [0.25, 0.3) is 10.9 Å². The highest BCUT2D eigenvalue weighted by atomic mass is 16.5. The van der Waals surface area contributed by atoms with E-state index in [0.717, 1.165) is 66.3 Å². The molecule has 1 saturated heterocycles. The van der Waals surface area contributed by atoms with Crippen LogP contribution in [0.1, 0.15) is 18.1 Å². The first-order valence-electron chi connectivity index (χ1n) is 12.2. The van der Waals surface area contributed by atoms with Gasteiger partial charge in [-0.1, -0.05) is 25.1 Å². The Balaban J connectivity index is 1.31. The zero-order valence-electron chi connectivity index (χ0n) is 20.2. The predicted octanol–water partition coefficient (Wildman–Crippen LogP) is 4.59. The first kappa shape index (κ1) is 23.5. The molecule has 35 heavy (non-hydrogen) atoms. The lowest BCUT2D eigenvalue weighted by molar-refractivity contribution is 0.0888. The SMILES string of the molecule is [CH]c1ccc([N+]2(c3n[nH]c4cc(OCCOCc5cccnc5)ccc34)CCN(CC)CC2)cc1. The highest BCUT2D eigenvalue weighted by Gasteiger charge is 2.40. The summed E-state index contributed by atoms with van der Waals surface area (Å²) in [6, 6.07) is 18.3. The average Bonchev–Trinajstić information content (AvgIpc) is 3.33. The van der Waals surface area contributed by atoms with Crippen molar-refractivity contribution >= 4 is 22.4 Å². The van der Waals surface area contributed by atoms with Gasteiger partial charge in [-0.05, 0) is 54.9 Å². The Labute approximate surface area is 206 Å². The molecule has 0 unspecified atom stereocenters. The third kappa shape index (κ3) is 5.07. The van der Waals surface area contributed by atoms with Crippen LogP contribution in [-0.2, 0) is 11.3 Å². The molecule has 0 amide bonds. The van der Waals surface area contributed by atoms with Crippen LogP contribution in [-0.4, -0.2) is 66.0 Å². The number of nitrogens with one attached hydrogen (secondary N) is 1. The fraction of sp³-hybridized carbons (Fsp3) is 0.321. The van der Waals surface area contributed by atoms with Crippen molar-refractivity contribution < 1.29 is 9.47 Å². The van der Waals surface area contributed by atoms with Crippen molar-refractivity contribution in [2.24, 2.45) is 0 Å². The minimum atomic E-state index is 0.477. The molecule has 0 bridgehead atoms. The highest BCUT2D eigenvalue weighted by molar-refractivity contribution is 5.91. The van der Waals surface area contributed by atoms with Gasteiger partial charge in [-0.15, -0.1) is 5.10 Å². The number of aromatic nitrogens is 3. The van der Waals surface area contributed by atoms with Crippen LogP contribution in [0.4, 0.5) is 11.5 Å². The summed E-state index contributed by atoms with van der Waals surface area (Å²) in [5.41, 5.74) is 4.02. The zero-order valence-corrected chi connectivity index (χ0v) is 20.2. The van der Waals surface area contributed by atoms with E-state index >= 15 is 0 Å². The monoisotopic (exact) mass is 470 g/mol. The second-order valence-corrected chi connectivity index (χ2v) is 8.96. The summed E-state index contributed by atoms with van der Waals surface area (Å²) in [4.78, 5) is 6.59. The summed E-state index contributed by atoms with van der Waals surface area (Å²) in [6.07, 6.45) is 3.57. The van der Waals surface area contributed by atoms with Crippen molar-refractivity contribution in [3.05, 3.63) is 85.0 Å². The number of benzene rings is 2. The van der Waals surface area contributed by atoms with Gasteiger partial charge in [0.25, 0.3) is 5.82 Å². The van der Waals surface area contributed by atoms with Crippen LogP contribution in [0.3, 0.4) is 0 Å². The number of pyridine rings is 1. The number of nitrogens with zero attached hydrogens (tertiary/aromatic N) is 4. The van der Waals surface area contributed by atoms with Crippen molar-refractivity contribution in [2.45, 2.75) is 13.5 Å². The summed E-state index contributed by atoms with van der Waals surface area (Å²) in [7, 11) is 0. The average molecular weight is 471 g/mol. The molecule has 1 N–H and O–H groups in total. The Morgan fingerprint density at radius 1 is 1.06 bits per heavy atom. The molecule has 2 aromatic heterocycles. The Bertz CT molecular complexity index is 1230. The third-order valence-electron chi connectivity index (χ3n) is 6.84. The Kier molecular flexibility index (Phi) is 7.08. The van der Waals surface area contributed by atoms with Gasteiger partial charge in [0, 0.05) is 31.5 Å². The molecule has 1 aliphatic rings. The standard InChI is InChI=1S/C28H32N5O2/c1-3-32-13-15-33(16-14-32,24-8-6-22(2)7-9-24)28-26-11-10-25(19-27(26)30-31-28)35-18-17-34-21-23-5-4-12-29-20-23/h2,4-12,19-20H,3,13-18,21H2,1H3,(H,30,31)/q+1. The van der Waals surface area contributed by atoms with Gasteiger partial charge in [0.15, 0.2) is 0 Å². The van der Waals surface area contributed by atoms with Crippen LogP contribution in [0.15, 0.2) is 67.0 Å². The molecule has 2 radical (unpaired) electrons. The van der Waals surface area contributed by atoms with Crippen LogP contribution >= 0.6 is 0 Å². The number of quaternary nitrogens is 1. The van der Waals surface area contributed by atoms with E-state index in [0.29, 0.717) is 24.3 Å². The van der Waals surface area contributed by atoms with Gasteiger partial charge >= 0.3 is 0 Å². The first-order chi connectivity index (χ1) is 17.2. The fourth-order valence-electron chi connectivity index (χ4n) is 4.81. The Hall–Kier alpha value is -3.26. The number of aromatic amines is 1. The number of H-pyrrole nitrogens is 1.